The summed E-state index contributed by atoms with van der Waals surface area (Å²) in [5.41, 5.74) is 0.937. The van der Waals surface area contributed by atoms with Crippen molar-refractivity contribution in [2.75, 3.05) is 11.9 Å². The zero-order valence-corrected chi connectivity index (χ0v) is 11.3. The average Bonchev–Trinajstić information content (AvgIpc) is 2.19. The Balaban J connectivity index is 2.56. The molecule has 2 N–H and O–H groups in total. The molecule has 0 aliphatic rings. The molecule has 1 aromatic heterocycles. The van der Waals surface area contributed by atoms with Crippen LogP contribution in [0.25, 0.3) is 0 Å². The number of hydrogen-bond acceptors (Lipinski definition) is 3. The number of amides is 1. The molecule has 0 fully saturated rings. The highest BCUT2D eigenvalue weighted by atomic mass is 79.9. The van der Waals surface area contributed by atoms with Crippen LogP contribution in [0.1, 0.15) is 19.4 Å². The van der Waals surface area contributed by atoms with E-state index in [0.717, 1.165) is 10.0 Å². The molecule has 0 bridgehead atoms. The van der Waals surface area contributed by atoms with Crippen molar-refractivity contribution in [1.82, 2.24) is 10.3 Å². The third-order valence-corrected chi connectivity index (χ3v) is 2.41. The molecule has 0 unspecified atom stereocenters. The van der Waals surface area contributed by atoms with E-state index in [9.17, 15) is 4.79 Å². The van der Waals surface area contributed by atoms with Crippen LogP contribution in [0.4, 0.5) is 5.82 Å². The van der Waals surface area contributed by atoms with E-state index in [-0.39, 0.29) is 5.91 Å². The number of anilines is 1. The largest absolute Gasteiger partial charge is 0.309 e. The summed E-state index contributed by atoms with van der Waals surface area (Å²) in [6.45, 7) is 6.20. The minimum absolute atomic E-state index is 0.0772. The third-order valence-electron chi connectivity index (χ3n) is 1.97. The molecule has 0 atom stereocenters. The molecule has 0 aliphatic heterocycles. The molecule has 0 saturated heterocycles. The number of aryl methyl sites for hydroxylation is 1. The fourth-order valence-corrected chi connectivity index (χ4v) is 1.59. The summed E-state index contributed by atoms with van der Waals surface area (Å²) < 4.78 is 0.906. The summed E-state index contributed by atoms with van der Waals surface area (Å²) in [6.07, 6.45) is 1.67. The molecule has 0 aromatic carbocycles. The van der Waals surface area contributed by atoms with Gasteiger partial charge in [-0.05, 0) is 34.5 Å². The van der Waals surface area contributed by atoms with Crippen LogP contribution in [0.3, 0.4) is 0 Å². The van der Waals surface area contributed by atoms with Crippen LogP contribution in [0, 0.1) is 6.92 Å². The maximum absolute atomic E-state index is 11.5. The van der Waals surface area contributed by atoms with Crippen molar-refractivity contribution in [1.29, 1.82) is 0 Å². The molecule has 0 radical (unpaired) electrons. The Morgan fingerprint density at radius 3 is 2.81 bits per heavy atom. The van der Waals surface area contributed by atoms with E-state index in [1.165, 1.54) is 0 Å². The zero-order valence-electron chi connectivity index (χ0n) is 9.67. The lowest BCUT2D eigenvalue weighted by molar-refractivity contribution is -0.115. The van der Waals surface area contributed by atoms with Crippen molar-refractivity contribution in [2.24, 2.45) is 0 Å². The lowest BCUT2D eigenvalue weighted by atomic mass is 10.3. The van der Waals surface area contributed by atoms with Gasteiger partial charge in [0.15, 0.2) is 0 Å². The fraction of sp³-hybridized carbons (Fsp3) is 0.455. The second-order valence-electron chi connectivity index (χ2n) is 3.90. The standard InChI is InChI=1S/C11H16BrN3O/c1-7(2)13-6-10(16)15-11-8(3)4-9(12)5-14-11/h4-5,7,13H,6H2,1-3H3,(H,14,15,16). The summed E-state index contributed by atoms with van der Waals surface area (Å²) in [6, 6.07) is 2.21. The second kappa shape index (κ2) is 5.96. The molecule has 4 nitrogen and oxygen atoms in total. The number of halogens is 1. The molecule has 1 rings (SSSR count). The molecule has 88 valence electrons. The zero-order chi connectivity index (χ0) is 12.1. The van der Waals surface area contributed by atoms with Gasteiger partial charge in [0.05, 0.1) is 6.54 Å². The van der Waals surface area contributed by atoms with Crippen LogP contribution in [-0.4, -0.2) is 23.5 Å². The first kappa shape index (κ1) is 13.1. The summed E-state index contributed by atoms with van der Waals surface area (Å²) in [4.78, 5) is 15.7. The highest BCUT2D eigenvalue weighted by Crippen LogP contribution is 2.16. The van der Waals surface area contributed by atoms with Gasteiger partial charge in [0.2, 0.25) is 5.91 Å². The third kappa shape index (κ3) is 4.28. The number of carbonyl (C=O) groups excluding carboxylic acids is 1. The van der Waals surface area contributed by atoms with E-state index in [2.05, 4.69) is 31.5 Å². The van der Waals surface area contributed by atoms with Crippen LogP contribution < -0.4 is 10.6 Å². The first-order valence-electron chi connectivity index (χ1n) is 5.14. The molecule has 1 aromatic rings. The highest BCUT2D eigenvalue weighted by molar-refractivity contribution is 9.10. The van der Waals surface area contributed by atoms with Crippen LogP contribution >= 0.6 is 15.9 Å². The fourth-order valence-electron chi connectivity index (χ4n) is 1.14. The van der Waals surface area contributed by atoms with E-state index in [0.29, 0.717) is 18.4 Å². The van der Waals surface area contributed by atoms with Gasteiger partial charge in [-0.2, -0.15) is 0 Å². The number of rotatable bonds is 4. The van der Waals surface area contributed by atoms with Gasteiger partial charge in [0.25, 0.3) is 0 Å². The number of nitrogens with zero attached hydrogens (tertiary/aromatic N) is 1. The average molecular weight is 286 g/mol. The molecule has 1 amide bonds. The van der Waals surface area contributed by atoms with Gasteiger partial charge in [-0.25, -0.2) is 4.98 Å². The Hall–Kier alpha value is -0.940. The van der Waals surface area contributed by atoms with E-state index >= 15 is 0 Å². The topological polar surface area (TPSA) is 54.0 Å². The number of pyridine rings is 1. The summed E-state index contributed by atoms with van der Waals surface area (Å²) in [7, 11) is 0. The normalized spacial score (nSPS) is 10.6. The van der Waals surface area contributed by atoms with Crippen LogP contribution in [-0.2, 0) is 4.79 Å². The van der Waals surface area contributed by atoms with Crippen molar-refractivity contribution in [3.8, 4) is 0 Å². The van der Waals surface area contributed by atoms with Crippen molar-refractivity contribution in [3.63, 3.8) is 0 Å². The first-order chi connectivity index (χ1) is 7.49. The van der Waals surface area contributed by atoms with Crippen LogP contribution in [0.15, 0.2) is 16.7 Å². The minimum Gasteiger partial charge on any atom is -0.309 e. The van der Waals surface area contributed by atoms with E-state index in [4.69, 9.17) is 0 Å². The van der Waals surface area contributed by atoms with Gasteiger partial charge in [-0.1, -0.05) is 13.8 Å². The summed E-state index contributed by atoms with van der Waals surface area (Å²) in [5.74, 6) is 0.533. The van der Waals surface area contributed by atoms with Gasteiger partial charge in [0.1, 0.15) is 5.82 Å². The van der Waals surface area contributed by atoms with Gasteiger partial charge >= 0.3 is 0 Å². The lowest BCUT2D eigenvalue weighted by Crippen LogP contribution is -2.33. The van der Waals surface area contributed by atoms with Gasteiger partial charge in [-0.3, -0.25) is 4.79 Å². The summed E-state index contributed by atoms with van der Waals surface area (Å²) >= 11 is 3.32. The molecular formula is C11H16BrN3O. The van der Waals surface area contributed by atoms with E-state index < -0.39 is 0 Å². The monoisotopic (exact) mass is 285 g/mol. The molecule has 5 heteroatoms. The minimum atomic E-state index is -0.0772. The Labute approximate surface area is 104 Å². The molecule has 0 saturated carbocycles. The van der Waals surface area contributed by atoms with Gasteiger partial charge < -0.3 is 10.6 Å². The van der Waals surface area contributed by atoms with Crippen molar-refractivity contribution in [2.45, 2.75) is 26.8 Å². The van der Waals surface area contributed by atoms with Crippen LogP contribution in [0.5, 0.6) is 0 Å². The number of nitrogens with one attached hydrogen (secondary N) is 2. The number of aromatic nitrogens is 1. The van der Waals surface area contributed by atoms with E-state index in [1.807, 2.05) is 26.8 Å². The Bertz CT molecular complexity index is 379. The van der Waals surface area contributed by atoms with Crippen molar-refractivity contribution >= 4 is 27.7 Å². The predicted molar refractivity (Wildman–Crippen MR) is 68.4 cm³/mol. The quantitative estimate of drug-likeness (QED) is 0.891. The van der Waals surface area contributed by atoms with E-state index in [1.54, 1.807) is 6.20 Å². The first-order valence-corrected chi connectivity index (χ1v) is 5.93. The number of hydrogen-bond donors (Lipinski definition) is 2. The van der Waals surface area contributed by atoms with Crippen LogP contribution in [0.2, 0.25) is 0 Å². The maximum Gasteiger partial charge on any atom is 0.239 e. The smallest absolute Gasteiger partial charge is 0.239 e. The lowest BCUT2D eigenvalue weighted by Gasteiger charge is -2.10. The van der Waals surface area contributed by atoms with Gasteiger partial charge in [0, 0.05) is 16.7 Å². The Morgan fingerprint density at radius 2 is 2.25 bits per heavy atom. The highest BCUT2D eigenvalue weighted by Gasteiger charge is 2.06. The van der Waals surface area contributed by atoms with Crippen molar-refractivity contribution in [3.05, 3.63) is 22.3 Å². The Morgan fingerprint density at radius 1 is 1.56 bits per heavy atom. The SMILES string of the molecule is Cc1cc(Br)cnc1NC(=O)CNC(C)C. The molecular weight excluding hydrogens is 270 g/mol. The van der Waals surface area contributed by atoms with Gasteiger partial charge in [-0.15, -0.1) is 0 Å². The van der Waals surface area contributed by atoms with Crippen molar-refractivity contribution < 1.29 is 4.79 Å². The molecule has 0 aliphatic carbocycles. The number of carbonyl (C=O) groups is 1. The second-order valence-corrected chi connectivity index (χ2v) is 4.82. The maximum atomic E-state index is 11.5. The molecule has 16 heavy (non-hydrogen) atoms. The predicted octanol–water partition coefficient (Wildman–Crippen LogP) is 2.09. The Kier molecular flexibility index (Phi) is 4.89. The molecule has 0 spiro atoms. The molecule has 1 heterocycles. The summed E-state index contributed by atoms with van der Waals surface area (Å²) in [5, 5.41) is 5.81.